The number of unbranched alkanes of at least 4 members (excludes halogenated alkanes) is 1. The van der Waals surface area contributed by atoms with Crippen molar-refractivity contribution in [3.05, 3.63) is 0 Å². The molecule has 3 heteroatoms. The minimum absolute atomic E-state index is 0.281. The van der Waals surface area contributed by atoms with Crippen LogP contribution < -0.4 is 0 Å². The van der Waals surface area contributed by atoms with E-state index in [2.05, 4.69) is 6.92 Å². The predicted octanol–water partition coefficient (Wildman–Crippen LogP) is 1.03. The molecule has 12 heavy (non-hydrogen) atoms. The molecule has 0 saturated carbocycles. The van der Waals surface area contributed by atoms with E-state index in [4.69, 9.17) is 4.74 Å². The van der Waals surface area contributed by atoms with E-state index in [0.29, 0.717) is 6.61 Å². The number of ether oxygens (including phenoxy) is 1. The molecule has 0 aromatic rings. The number of nitrogens with zero attached hydrogens (tertiary/aromatic N) is 1. The fraction of sp³-hybridized carbons (Fsp3) is 0.889. The molecule has 3 nitrogen and oxygen atoms in total. The van der Waals surface area contributed by atoms with Crippen LogP contribution in [-0.4, -0.2) is 37.1 Å². The topological polar surface area (TPSA) is 29.5 Å². The largest absolute Gasteiger partial charge is 0.375 e. The van der Waals surface area contributed by atoms with E-state index in [9.17, 15) is 4.79 Å². The summed E-state index contributed by atoms with van der Waals surface area (Å²) in [5.74, 6) is 0. The molecule has 1 amide bonds. The number of hydrogen-bond acceptors (Lipinski definition) is 2. The molecular weight excluding hydrogens is 154 g/mol. The smallest absolute Gasteiger partial charge is 0.209 e. The van der Waals surface area contributed by atoms with Crippen LogP contribution in [0.25, 0.3) is 0 Å². The van der Waals surface area contributed by atoms with Gasteiger partial charge in [0.2, 0.25) is 6.41 Å². The van der Waals surface area contributed by atoms with Gasteiger partial charge in [-0.05, 0) is 6.42 Å². The number of carbonyl (C=O) groups excluding carboxylic acids is 1. The third-order valence-electron chi connectivity index (χ3n) is 2.20. The van der Waals surface area contributed by atoms with Crippen LogP contribution in [0.1, 0.15) is 26.2 Å². The van der Waals surface area contributed by atoms with Crippen molar-refractivity contribution in [2.45, 2.75) is 32.3 Å². The number of hydrogen-bond donors (Lipinski definition) is 0. The molecule has 0 aromatic heterocycles. The van der Waals surface area contributed by atoms with Crippen LogP contribution in [0, 0.1) is 0 Å². The predicted molar refractivity (Wildman–Crippen MR) is 46.9 cm³/mol. The van der Waals surface area contributed by atoms with Crippen molar-refractivity contribution in [1.82, 2.24) is 4.90 Å². The minimum atomic E-state index is 0.281. The van der Waals surface area contributed by atoms with E-state index in [1.807, 2.05) is 0 Å². The van der Waals surface area contributed by atoms with E-state index in [-0.39, 0.29) is 6.10 Å². The molecule has 1 heterocycles. The van der Waals surface area contributed by atoms with Gasteiger partial charge in [-0.2, -0.15) is 0 Å². The van der Waals surface area contributed by atoms with Crippen LogP contribution in [0.2, 0.25) is 0 Å². The first-order valence-corrected chi connectivity index (χ1v) is 4.67. The summed E-state index contributed by atoms with van der Waals surface area (Å²) in [6.07, 6.45) is 4.67. The number of rotatable bonds is 4. The molecule has 0 aliphatic carbocycles. The van der Waals surface area contributed by atoms with Gasteiger partial charge in [0.1, 0.15) is 0 Å². The molecule has 1 aliphatic rings. The van der Waals surface area contributed by atoms with Crippen LogP contribution in [0.4, 0.5) is 0 Å². The lowest BCUT2D eigenvalue weighted by Crippen LogP contribution is -2.41. The van der Waals surface area contributed by atoms with Crippen LogP contribution >= 0.6 is 0 Å². The molecule has 1 fully saturated rings. The number of carbonyl (C=O) groups is 1. The van der Waals surface area contributed by atoms with Gasteiger partial charge in [0.05, 0.1) is 12.7 Å². The lowest BCUT2D eigenvalue weighted by Gasteiger charge is -2.30. The average Bonchev–Trinajstić information content (AvgIpc) is 2.15. The van der Waals surface area contributed by atoms with Crippen molar-refractivity contribution in [2.24, 2.45) is 0 Å². The van der Waals surface area contributed by atoms with Gasteiger partial charge < -0.3 is 9.64 Å². The first-order valence-electron chi connectivity index (χ1n) is 4.67. The second-order valence-electron chi connectivity index (χ2n) is 3.24. The molecule has 1 unspecified atom stereocenters. The summed E-state index contributed by atoms with van der Waals surface area (Å²) in [6.45, 7) is 4.41. The molecule has 0 radical (unpaired) electrons. The maximum absolute atomic E-state index is 10.4. The van der Waals surface area contributed by atoms with Gasteiger partial charge in [0, 0.05) is 13.1 Å². The normalized spacial score (nSPS) is 24.1. The Balaban J connectivity index is 2.20. The Bertz CT molecular complexity index is 138. The first-order chi connectivity index (χ1) is 5.86. The Kier molecular flexibility index (Phi) is 4.08. The monoisotopic (exact) mass is 171 g/mol. The van der Waals surface area contributed by atoms with Gasteiger partial charge >= 0.3 is 0 Å². The van der Waals surface area contributed by atoms with E-state index >= 15 is 0 Å². The van der Waals surface area contributed by atoms with Gasteiger partial charge in [-0.3, -0.25) is 4.79 Å². The highest BCUT2D eigenvalue weighted by Crippen LogP contribution is 2.10. The van der Waals surface area contributed by atoms with Gasteiger partial charge in [-0.15, -0.1) is 0 Å². The third-order valence-corrected chi connectivity index (χ3v) is 2.20. The number of morpholine rings is 1. The SMILES string of the molecule is CCCCC1CN(C=O)CCO1. The summed E-state index contributed by atoms with van der Waals surface area (Å²) in [5, 5.41) is 0. The summed E-state index contributed by atoms with van der Waals surface area (Å²) in [6, 6.07) is 0. The maximum Gasteiger partial charge on any atom is 0.209 e. The molecule has 1 atom stereocenters. The van der Waals surface area contributed by atoms with E-state index in [1.165, 1.54) is 12.8 Å². The molecule has 1 rings (SSSR count). The Morgan fingerprint density at radius 3 is 3.17 bits per heavy atom. The van der Waals surface area contributed by atoms with E-state index in [1.54, 1.807) is 4.90 Å². The zero-order chi connectivity index (χ0) is 8.81. The summed E-state index contributed by atoms with van der Waals surface area (Å²) in [7, 11) is 0. The molecular formula is C9H17NO2. The maximum atomic E-state index is 10.4. The lowest BCUT2D eigenvalue weighted by molar-refractivity contribution is -0.125. The molecule has 70 valence electrons. The van der Waals surface area contributed by atoms with Crippen molar-refractivity contribution in [2.75, 3.05) is 19.7 Å². The summed E-state index contributed by atoms with van der Waals surface area (Å²) in [5.41, 5.74) is 0. The Hall–Kier alpha value is -0.570. The van der Waals surface area contributed by atoms with Crippen molar-refractivity contribution in [3.63, 3.8) is 0 Å². The highest BCUT2D eigenvalue weighted by Gasteiger charge is 2.17. The van der Waals surface area contributed by atoms with Crippen molar-refractivity contribution >= 4 is 6.41 Å². The second-order valence-corrected chi connectivity index (χ2v) is 3.24. The zero-order valence-corrected chi connectivity index (χ0v) is 7.66. The first kappa shape index (κ1) is 9.52. The Morgan fingerprint density at radius 1 is 1.67 bits per heavy atom. The Morgan fingerprint density at radius 2 is 2.50 bits per heavy atom. The van der Waals surface area contributed by atoms with Crippen LogP contribution in [0.3, 0.4) is 0 Å². The molecule has 1 aliphatic heterocycles. The van der Waals surface area contributed by atoms with Crippen LogP contribution in [0.15, 0.2) is 0 Å². The summed E-state index contributed by atoms with van der Waals surface area (Å²) >= 11 is 0. The zero-order valence-electron chi connectivity index (χ0n) is 7.66. The molecule has 0 spiro atoms. The highest BCUT2D eigenvalue weighted by atomic mass is 16.5. The minimum Gasteiger partial charge on any atom is -0.375 e. The lowest BCUT2D eigenvalue weighted by atomic mass is 10.1. The van der Waals surface area contributed by atoms with Crippen LogP contribution in [0.5, 0.6) is 0 Å². The van der Waals surface area contributed by atoms with E-state index < -0.39 is 0 Å². The average molecular weight is 171 g/mol. The van der Waals surface area contributed by atoms with Crippen molar-refractivity contribution < 1.29 is 9.53 Å². The second kappa shape index (κ2) is 5.14. The van der Waals surface area contributed by atoms with Gasteiger partial charge in [-0.25, -0.2) is 0 Å². The fourth-order valence-corrected chi connectivity index (χ4v) is 1.44. The number of amides is 1. The summed E-state index contributed by atoms with van der Waals surface area (Å²) < 4.78 is 5.51. The van der Waals surface area contributed by atoms with Gasteiger partial charge in [0.25, 0.3) is 0 Å². The highest BCUT2D eigenvalue weighted by molar-refractivity contribution is 5.47. The molecule has 0 aromatic carbocycles. The molecule has 0 bridgehead atoms. The van der Waals surface area contributed by atoms with Crippen molar-refractivity contribution in [3.8, 4) is 0 Å². The molecule has 0 N–H and O–H groups in total. The van der Waals surface area contributed by atoms with Gasteiger partial charge in [-0.1, -0.05) is 19.8 Å². The quantitative estimate of drug-likeness (QED) is 0.591. The van der Waals surface area contributed by atoms with Gasteiger partial charge in [0.15, 0.2) is 0 Å². The van der Waals surface area contributed by atoms with Crippen LogP contribution in [-0.2, 0) is 9.53 Å². The molecule has 1 saturated heterocycles. The standard InChI is InChI=1S/C9H17NO2/c1-2-3-4-9-7-10(8-11)5-6-12-9/h8-9H,2-7H2,1H3. The summed E-state index contributed by atoms with van der Waals surface area (Å²) in [4.78, 5) is 12.2. The fourth-order valence-electron chi connectivity index (χ4n) is 1.44. The Labute approximate surface area is 73.7 Å². The third kappa shape index (κ3) is 2.81. The van der Waals surface area contributed by atoms with Crippen molar-refractivity contribution in [1.29, 1.82) is 0 Å². The van der Waals surface area contributed by atoms with E-state index in [0.717, 1.165) is 25.9 Å².